The highest BCUT2D eigenvalue weighted by atomic mass is 32.2. The van der Waals surface area contributed by atoms with Crippen molar-refractivity contribution in [2.45, 2.75) is 26.7 Å². The molecule has 0 fully saturated rings. The molecule has 0 saturated carbocycles. The summed E-state index contributed by atoms with van der Waals surface area (Å²) in [6.07, 6.45) is 1.86. The zero-order chi connectivity index (χ0) is 28.5. The molecule has 4 aromatic carbocycles. The number of aliphatic imine (C=N–C) groups is 2. The summed E-state index contributed by atoms with van der Waals surface area (Å²) in [5.41, 5.74) is 4.58. The monoisotopic (exact) mass is 582 g/mol. The van der Waals surface area contributed by atoms with E-state index in [9.17, 15) is 0 Å². The van der Waals surface area contributed by atoms with Gasteiger partial charge in [0.1, 0.15) is 11.5 Å². The normalized spacial score (nSPS) is 11.8. The summed E-state index contributed by atoms with van der Waals surface area (Å²) in [7, 11) is 0. The summed E-state index contributed by atoms with van der Waals surface area (Å²) in [5, 5.41) is 8.77. The van der Waals surface area contributed by atoms with Crippen LogP contribution in [0.25, 0.3) is 0 Å². The molecule has 212 valence electrons. The molecule has 41 heavy (non-hydrogen) atoms. The van der Waals surface area contributed by atoms with Crippen LogP contribution < -0.4 is 15.4 Å². The molecule has 0 atom stereocenters. The average molecular weight is 583 g/mol. The largest absolute Gasteiger partial charge is 0.457 e. The molecule has 0 aliphatic carbocycles. The molecule has 4 rings (SSSR count). The van der Waals surface area contributed by atoms with E-state index in [0.717, 1.165) is 70.6 Å². The van der Waals surface area contributed by atoms with E-state index in [2.05, 4.69) is 73.0 Å². The third kappa shape index (κ3) is 11.0. The first-order valence-electron chi connectivity index (χ1n) is 14.1. The highest BCUT2D eigenvalue weighted by Crippen LogP contribution is 2.25. The van der Waals surface area contributed by atoms with E-state index >= 15 is 0 Å². The molecule has 0 aliphatic rings. The molecule has 0 aromatic heterocycles. The number of thioether (sulfide) groups is 2. The maximum Gasteiger partial charge on any atom is 0.161 e. The maximum absolute atomic E-state index is 6.09. The van der Waals surface area contributed by atoms with Gasteiger partial charge in [-0.1, -0.05) is 98.0 Å². The Morgan fingerprint density at radius 1 is 0.561 bits per heavy atom. The predicted molar refractivity (Wildman–Crippen MR) is 181 cm³/mol. The molecule has 0 aliphatic heterocycles. The van der Waals surface area contributed by atoms with E-state index in [1.54, 1.807) is 23.5 Å². The SMILES string of the molecule is CCSC(=NCCc1ccccc1)Nc1ccc(Oc2ccc(NC(=NCCc3ccccc3)SCC)cc2)cc1. The van der Waals surface area contributed by atoms with Crippen molar-refractivity contribution in [3.63, 3.8) is 0 Å². The van der Waals surface area contributed by atoms with E-state index in [1.165, 1.54) is 11.1 Å². The van der Waals surface area contributed by atoms with Crippen LogP contribution in [0.2, 0.25) is 0 Å². The van der Waals surface area contributed by atoms with E-state index < -0.39 is 0 Å². The van der Waals surface area contributed by atoms with Crippen LogP contribution in [-0.4, -0.2) is 34.9 Å². The molecule has 4 aromatic rings. The zero-order valence-corrected chi connectivity index (χ0v) is 25.4. The Hall–Kier alpha value is -3.68. The van der Waals surface area contributed by atoms with Gasteiger partial charge in [-0.05, 0) is 84.0 Å². The first kappa shape index (κ1) is 30.3. The smallest absolute Gasteiger partial charge is 0.161 e. The molecule has 0 bridgehead atoms. The zero-order valence-electron chi connectivity index (χ0n) is 23.8. The molecule has 0 spiro atoms. The van der Waals surface area contributed by atoms with E-state index in [4.69, 9.17) is 14.7 Å². The molecule has 0 radical (unpaired) electrons. The molecular weight excluding hydrogens is 545 g/mol. The van der Waals surface area contributed by atoms with Gasteiger partial charge >= 0.3 is 0 Å². The summed E-state index contributed by atoms with van der Waals surface area (Å²) in [6.45, 7) is 5.78. The van der Waals surface area contributed by atoms with Crippen molar-refractivity contribution < 1.29 is 4.74 Å². The van der Waals surface area contributed by atoms with Gasteiger partial charge < -0.3 is 15.4 Å². The van der Waals surface area contributed by atoms with Gasteiger partial charge in [-0.25, -0.2) is 0 Å². The number of hydrogen-bond donors (Lipinski definition) is 2. The topological polar surface area (TPSA) is 58.0 Å². The van der Waals surface area contributed by atoms with Gasteiger partial charge in [0.05, 0.1) is 0 Å². The fourth-order valence-corrected chi connectivity index (χ4v) is 5.27. The molecule has 0 amide bonds. The van der Waals surface area contributed by atoms with Crippen LogP contribution in [0.4, 0.5) is 11.4 Å². The van der Waals surface area contributed by atoms with E-state index in [0.29, 0.717) is 0 Å². The second-order valence-electron chi connectivity index (χ2n) is 9.11. The number of rotatable bonds is 12. The minimum Gasteiger partial charge on any atom is -0.457 e. The van der Waals surface area contributed by atoms with Crippen LogP contribution in [0.5, 0.6) is 11.5 Å². The number of anilines is 2. The lowest BCUT2D eigenvalue weighted by molar-refractivity contribution is 0.483. The second kappa shape index (κ2) is 17.2. The lowest BCUT2D eigenvalue weighted by atomic mass is 10.2. The first-order chi connectivity index (χ1) is 20.2. The van der Waals surface area contributed by atoms with Gasteiger partial charge in [0, 0.05) is 24.5 Å². The Bertz CT molecular complexity index is 1250. The van der Waals surface area contributed by atoms with Gasteiger partial charge in [-0.15, -0.1) is 0 Å². The third-order valence-electron chi connectivity index (χ3n) is 6.01. The van der Waals surface area contributed by atoms with Gasteiger partial charge in [-0.3, -0.25) is 9.98 Å². The number of amidine groups is 2. The first-order valence-corrected chi connectivity index (χ1v) is 16.0. The van der Waals surface area contributed by atoms with Gasteiger partial charge in [0.2, 0.25) is 0 Å². The standard InChI is InChI=1S/C34H38N4OS2/c1-3-40-33(35-25-23-27-11-7-5-8-12-27)37-29-15-19-31(20-16-29)39-32-21-17-30(18-22-32)38-34(41-4-2)36-26-24-28-13-9-6-10-14-28/h5-22H,3-4,23-26H2,1-2H3,(H,35,37)(H,36,38). The van der Waals surface area contributed by atoms with Crippen LogP contribution in [0.1, 0.15) is 25.0 Å². The Kier molecular flexibility index (Phi) is 12.7. The Balaban J connectivity index is 1.28. The number of nitrogens with zero attached hydrogens (tertiary/aromatic N) is 2. The maximum atomic E-state index is 6.09. The van der Waals surface area contributed by atoms with Gasteiger partial charge in [0.25, 0.3) is 0 Å². The van der Waals surface area contributed by atoms with Crippen molar-refractivity contribution in [3.05, 3.63) is 120 Å². The molecule has 0 heterocycles. The minimum atomic E-state index is 0.754. The van der Waals surface area contributed by atoms with E-state index in [1.807, 2.05) is 60.7 Å². The molecule has 0 saturated heterocycles. The minimum absolute atomic E-state index is 0.754. The number of ether oxygens (including phenoxy) is 1. The van der Waals surface area contributed by atoms with Crippen LogP contribution in [-0.2, 0) is 12.8 Å². The van der Waals surface area contributed by atoms with Crippen molar-refractivity contribution in [3.8, 4) is 11.5 Å². The van der Waals surface area contributed by atoms with E-state index in [-0.39, 0.29) is 0 Å². The summed E-state index contributed by atoms with van der Waals surface area (Å²) < 4.78 is 6.09. The van der Waals surface area contributed by atoms with Crippen LogP contribution >= 0.6 is 23.5 Å². The third-order valence-corrected chi connectivity index (χ3v) is 7.59. The fourth-order valence-electron chi connectivity index (χ4n) is 3.97. The van der Waals surface area contributed by atoms with Crippen LogP contribution in [0.3, 0.4) is 0 Å². The molecule has 2 N–H and O–H groups in total. The van der Waals surface area contributed by atoms with Crippen molar-refractivity contribution in [1.29, 1.82) is 0 Å². The Labute approximate surface area is 253 Å². The van der Waals surface area contributed by atoms with Crippen molar-refractivity contribution >= 4 is 45.2 Å². The van der Waals surface area contributed by atoms with Gasteiger partial charge in [0.15, 0.2) is 10.3 Å². The summed E-state index contributed by atoms with van der Waals surface area (Å²) in [5.74, 6) is 3.49. The highest BCUT2D eigenvalue weighted by Gasteiger charge is 2.05. The van der Waals surface area contributed by atoms with Crippen molar-refractivity contribution in [2.75, 3.05) is 35.2 Å². The lowest BCUT2D eigenvalue weighted by Gasteiger charge is -2.12. The fraction of sp³-hybridized carbons (Fsp3) is 0.235. The van der Waals surface area contributed by atoms with Crippen LogP contribution in [0.15, 0.2) is 119 Å². The molecule has 5 nitrogen and oxygen atoms in total. The van der Waals surface area contributed by atoms with Crippen molar-refractivity contribution in [1.82, 2.24) is 0 Å². The lowest BCUT2D eigenvalue weighted by Crippen LogP contribution is -2.09. The Morgan fingerprint density at radius 2 is 0.951 bits per heavy atom. The second-order valence-corrected chi connectivity index (χ2v) is 11.6. The molecule has 7 heteroatoms. The highest BCUT2D eigenvalue weighted by molar-refractivity contribution is 8.14. The predicted octanol–water partition coefficient (Wildman–Crippen LogP) is 9.01. The summed E-state index contributed by atoms with van der Waals surface area (Å²) in [6, 6.07) is 36.9. The summed E-state index contributed by atoms with van der Waals surface area (Å²) >= 11 is 3.43. The summed E-state index contributed by atoms with van der Waals surface area (Å²) in [4.78, 5) is 9.57. The Morgan fingerprint density at radius 3 is 1.32 bits per heavy atom. The number of nitrogens with one attached hydrogen (secondary N) is 2. The van der Waals surface area contributed by atoms with Gasteiger partial charge in [-0.2, -0.15) is 0 Å². The average Bonchev–Trinajstić information content (AvgIpc) is 3.00. The molecule has 0 unspecified atom stereocenters. The molecular formula is C34H38N4OS2. The van der Waals surface area contributed by atoms with Crippen molar-refractivity contribution in [2.24, 2.45) is 9.98 Å². The van der Waals surface area contributed by atoms with Crippen LogP contribution in [0, 0.1) is 0 Å². The number of hydrogen-bond acceptors (Lipinski definition) is 5. The quantitative estimate of drug-likeness (QED) is 0.129. The number of benzene rings is 4.